The van der Waals surface area contributed by atoms with Gasteiger partial charge in [0.15, 0.2) is 0 Å². The van der Waals surface area contributed by atoms with Crippen molar-refractivity contribution in [3.8, 4) is 0 Å². The van der Waals surface area contributed by atoms with Crippen LogP contribution in [-0.2, 0) is 0 Å². The number of rotatable bonds is 5. The van der Waals surface area contributed by atoms with E-state index >= 15 is 0 Å². The summed E-state index contributed by atoms with van der Waals surface area (Å²) in [5.74, 6) is 0. The van der Waals surface area contributed by atoms with Crippen LogP contribution in [0.5, 0.6) is 0 Å². The number of unbranched alkanes of at least 4 members (excludes halogenated alkanes) is 1. The fourth-order valence-corrected chi connectivity index (χ4v) is 2.44. The first kappa shape index (κ1) is 11.7. The standard InChI is InChI=1S/C12H19BS/c1-3-4-5-10(2)14-12-8-6-11(13)7-9-12/h6-10H,3-5,13H2,1-2H3. The summed E-state index contributed by atoms with van der Waals surface area (Å²) >= 11 is 1.99. The maximum atomic E-state index is 2.32. The molecule has 1 unspecified atom stereocenters. The van der Waals surface area contributed by atoms with E-state index in [1.54, 1.807) is 0 Å². The summed E-state index contributed by atoms with van der Waals surface area (Å²) < 4.78 is 0. The molecule has 1 aromatic carbocycles. The monoisotopic (exact) mass is 206 g/mol. The zero-order chi connectivity index (χ0) is 10.4. The summed E-state index contributed by atoms with van der Waals surface area (Å²) in [5, 5.41) is 0.748. The molecule has 0 saturated heterocycles. The molecule has 0 aromatic heterocycles. The number of thioether (sulfide) groups is 1. The van der Waals surface area contributed by atoms with Crippen molar-refractivity contribution in [2.75, 3.05) is 0 Å². The third-order valence-corrected chi connectivity index (χ3v) is 3.50. The molecule has 0 aliphatic carbocycles. The summed E-state index contributed by atoms with van der Waals surface area (Å²) in [7, 11) is 2.13. The molecule has 0 aliphatic rings. The average Bonchev–Trinajstić information content (AvgIpc) is 2.18. The molecule has 0 aliphatic heterocycles. The van der Waals surface area contributed by atoms with Gasteiger partial charge in [-0.2, -0.15) is 0 Å². The van der Waals surface area contributed by atoms with Gasteiger partial charge in [-0.1, -0.05) is 44.3 Å². The van der Waals surface area contributed by atoms with Gasteiger partial charge in [-0.3, -0.25) is 0 Å². The summed E-state index contributed by atoms with van der Waals surface area (Å²) in [6, 6.07) is 8.83. The Morgan fingerprint density at radius 2 is 1.93 bits per heavy atom. The molecule has 1 rings (SSSR count). The van der Waals surface area contributed by atoms with Gasteiger partial charge < -0.3 is 0 Å². The highest BCUT2D eigenvalue weighted by Gasteiger charge is 2.02. The zero-order valence-electron chi connectivity index (χ0n) is 9.42. The largest absolute Gasteiger partial charge is 0.139 e. The van der Waals surface area contributed by atoms with E-state index in [1.807, 2.05) is 11.8 Å². The predicted octanol–water partition coefficient (Wildman–Crippen LogP) is 2.62. The van der Waals surface area contributed by atoms with Crippen LogP contribution in [0, 0.1) is 0 Å². The van der Waals surface area contributed by atoms with Gasteiger partial charge in [0.1, 0.15) is 7.85 Å². The quantitative estimate of drug-likeness (QED) is 0.527. The molecule has 0 fully saturated rings. The molecule has 0 amide bonds. The van der Waals surface area contributed by atoms with Crippen molar-refractivity contribution < 1.29 is 0 Å². The van der Waals surface area contributed by atoms with Crippen LogP contribution in [0.15, 0.2) is 29.2 Å². The minimum atomic E-state index is 0.748. The summed E-state index contributed by atoms with van der Waals surface area (Å²) in [4.78, 5) is 1.40. The van der Waals surface area contributed by atoms with Crippen molar-refractivity contribution in [2.45, 2.75) is 43.3 Å². The van der Waals surface area contributed by atoms with Crippen LogP contribution in [0.3, 0.4) is 0 Å². The Labute approximate surface area is 92.9 Å². The molecular formula is C12H19BS. The van der Waals surface area contributed by atoms with E-state index in [0.717, 1.165) is 5.25 Å². The lowest BCUT2D eigenvalue weighted by atomic mass is 9.97. The van der Waals surface area contributed by atoms with Gasteiger partial charge in [0.2, 0.25) is 0 Å². The van der Waals surface area contributed by atoms with E-state index in [-0.39, 0.29) is 0 Å². The second-order valence-corrected chi connectivity index (χ2v) is 5.40. The summed E-state index contributed by atoms with van der Waals surface area (Å²) in [5.41, 5.74) is 1.34. The van der Waals surface area contributed by atoms with Crippen LogP contribution in [0.25, 0.3) is 0 Å². The van der Waals surface area contributed by atoms with Gasteiger partial charge in [0.25, 0.3) is 0 Å². The van der Waals surface area contributed by atoms with Gasteiger partial charge in [-0.25, -0.2) is 0 Å². The predicted molar refractivity (Wildman–Crippen MR) is 69.5 cm³/mol. The topological polar surface area (TPSA) is 0 Å². The Hall–Kier alpha value is -0.365. The van der Waals surface area contributed by atoms with Gasteiger partial charge >= 0.3 is 0 Å². The highest BCUT2D eigenvalue weighted by molar-refractivity contribution is 7.99. The van der Waals surface area contributed by atoms with Crippen LogP contribution in [0.4, 0.5) is 0 Å². The highest BCUT2D eigenvalue weighted by Crippen LogP contribution is 2.25. The molecule has 14 heavy (non-hydrogen) atoms. The van der Waals surface area contributed by atoms with Crippen molar-refractivity contribution in [1.82, 2.24) is 0 Å². The molecule has 0 N–H and O–H groups in total. The molecule has 0 heterocycles. The van der Waals surface area contributed by atoms with Gasteiger partial charge in [0.05, 0.1) is 0 Å². The Morgan fingerprint density at radius 1 is 1.29 bits per heavy atom. The van der Waals surface area contributed by atoms with Crippen LogP contribution in [0.1, 0.15) is 33.1 Å². The molecule has 0 saturated carbocycles. The molecule has 1 aromatic rings. The second-order valence-electron chi connectivity index (χ2n) is 3.88. The minimum absolute atomic E-state index is 0.748. The maximum Gasteiger partial charge on any atom is 0.139 e. The molecule has 76 valence electrons. The van der Waals surface area contributed by atoms with E-state index in [2.05, 4.69) is 46.0 Å². The lowest BCUT2D eigenvalue weighted by Crippen LogP contribution is -2.00. The number of benzene rings is 1. The third-order valence-electron chi connectivity index (χ3n) is 2.32. The highest BCUT2D eigenvalue weighted by atomic mass is 32.2. The van der Waals surface area contributed by atoms with E-state index in [4.69, 9.17) is 0 Å². The van der Waals surface area contributed by atoms with Crippen molar-refractivity contribution in [3.05, 3.63) is 24.3 Å². The smallest absolute Gasteiger partial charge is 0.123 e. The van der Waals surface area contributed by atoms with Crippen LogP contribution < -0.4 is 5.46 Å². The van der Waals surface area contributed by atoms with Gasteiger partial charge in [0, 0.05) is 10.1 Å². The SMILES string of the molecule is Bc1ccc(SC(C)CCCC)cc1. The average molecular weight is 206 g/mol. The van der Waals surface area contributed by atoms with E-state index < -0.39 is 0 Å². The summed E-state index contributed by atoms with van der Waals surface area (Å²) in [6.07, 6.45) is 3.98. The Bertz CT molecular complexity index is 256. The number of hydrogen-bond donors (Lipinski definition) is 0. The van der Waals surface area contributed by atoms with E-state index in [1.165, 1.54) is 29.6 Å². The van der Waals surface area contributed by atoms with Crippen molar-refractivity contribution in [2.24, 2.45) is 0 Å². The molecule has 0 radical (unpaired) electrons. The first-order valence-corrected chi connectivity index (χ1v) is 6.33. The number of hydrogen-bond acceptors (Lipinski definition) is 1. The summed E-state index contributed by atoms with van der Waals surface area (Å²) in [6.45, 7) is 4.57. The molecule has 0 bridgehead atoms. The molecule has 0 nitrogen and oxygen atoms in total. The van der Waals surface area contributed by atoms with E-state index in [9.17, 15) is 0 Å². The van der Waals surface area contributed by atoms with Gasteiger partial charge in [-0.15, -0.1) is 11.8 Å². The van der Waals surface area contributed by atoms with Crippen molar-refractivity contribution in [3.63, 3.8) is 0 Å². The van der Waals surface area contributed by atoms with Crippen molar-refractivity contribution in [1.29, 1.82) is 0 Å². The molecule has 2 heteroatoms. The molecule has 0 spiro atoms. The third kappa shape index (κ3) is 4.23. The lowest BCUT2D eigenvalue weighted by molar-refractivity contribution is 0.713. The Kier molecular flexibility index (Phi) is 5.17. The fourth-order valence-electron chi connectivity index (χ4n) is 1.40. The van der Waals surface area contributed by atoms with E-state index in [0.29, 0.717) is 0 Å². The lowest BCUT2D eigenvalue weighted by Gasteiger charge is -2.10. The Balaban J connectivity index is 2.39. The molecule has 1 atom stereocenters. The van der Waals surface area contributed by atoms with Crippen LogP contribution in [-0.4, -0.2) is 13.1 Å². The normalized spacial score (nSPS) is 12.7. The minimum Gasteiger partial charge on any atom is -0.123 e. The van der Waals surface area contributed by atoms with Crippen LogP contribution >= 0.6 is 11.8 Å². The first-order chi connectivity index (χ1) is 6.72. The van der Waals surface area contributed by atoms with Gasteiger partial charge in [-0.05, 0) is 18.6 Å². The van der Waals surface area contributed by atoms with Crippen LogP contribution in [0.2, 0.25) is 0 Å². The second kappa shape index (κ2) is 6.18. The first-order valence-electron chi connectivity index (χ1n) is 5.45. The Morgan fingerprint density at radius 3 is 2.50 bits per heavy atom. The molecular weight excluding hydrogens is 187 g/mol. The fraction of sp³-hybridized carbons (Fsp3) is 0.500. The van der Waals surface area contributed by atoms with Crippen molar-refractivity contribution >= 4 is 25.1 Å². The maximum absolute atomic E-state index is 2.32. The zero-order valence-corrected chi connectivity index (χ0v) is 10.2.